The third kappa shape index (κ3) is 3.81. The first-order valence-electron chi connectivity index (χ1n) is 7.17. The van der Waals surface area contributed by atoms with Crippen LogP contribution < -0.4 is 16.6 Å². The Balaban J connectivity index is 0.00000261. The van der Waals surface area contributed by atoms with Crippen molar-refractivity contribution in [1.29, 1.82) is 0 Å². The van der Waals surface area contributed by atoms with Gasteiger partial charge in [0.25, 0.3) is 5.56 Å². The largest absolute Gasteiger partial charge is 0.471 e. The van der Waals surface area contributed by atoms with Crippen molar-refractivity contribution in [2.24, 2.45) is 5.73 Å². The average molecular weight is 442 g/mol. The minimum Gasteiger partial charge on any atom is -0.331 e. The highest BCUT2D eigenvalue weighted by atomic mass is 35.5. The Bertz CT molecular complexity index is 1040. The van der Waals surface area contributed by atoms with E-state index in [1.165, 1.54) is 4.57 Å². The van der Waals surface area contributed by atoms with Crippen LogP contribution in [-0.4, -0.2) is 33.2 Å². The predicted molar refractivity (Wildman–Crippen MR) is 99.7 cm³/mol. The van der Waals surface area contributed by atoms with E-state index in [0.29, 0.717) is 4.88 Å². The van der Waals surface area contributed by atoms with E-state index >= 15 is 0 Å². The molecule has 0 fully saturated rings. The van der Waals surface area contributed by atoms with Gasteiger partial charge in [-0.1, -0.05) is 11.6 Å². The molecule has 0 aliphatic rings. The number of nitrogens with zero attached hydrogens (tertiary/aromatic N) is 2. The maximum atomic E-state index is 12.8. The summed E-state index contributed by atoms with van der Waals surface area (Å²) in [5, 5.41) is 3.72. The number of nitrogens with one attached hydrogen (secondary N) is 2. The van der Waals surface area contributed by atoms with Crippen molar-refractivity contribution in [3.05, 3.63) is 33.2 Å². The maximum absolute atomic E-state index is 12.8. The quantitative estimate of drug-likeness (QED) is 0.578. The molecule has 0 radical (unpaired) electrons. The average Bonchev–Trinajstić information content (AvgIpc) is 3.10. The molecule has 0 aliphatic heterocycles. The number of thiophene rings is 1. The van der Waals surface area contributed by atoms with Gasteiger partial charge in [0.05, 0.1) is 27.6 Å². The van der Waals surface area contributed by atoms with Gasteiger partial charge in [0, 0.05) is 13.1 Å². The fourth-order valence-corrected chi connectivity index (χ4v) is 3.74. The van der Waals surface area contributed by atoms with Gasteiger partial charge in [-0.15, -0.1) is 23.7 Å². The lowest BCUT2D eigenvalue weighted by Gasteiger charge is -2.12. The summed E-state index contributed by atoms with van der Waals surface area (Å²) < 4.78 is 39.7. The van der Waals surface area contributed by atoms with Gasteiger partial charge in [-0.05, 0) is 11.4 Å². The number of hydrogen-bond acceptors (Lipinski definition) is 5. The smallest absolute Gasteiger partial charge is 0.331 e. The Morgan fingerprint density at radius 1 is 1.44 bits per heavy atom. The van der Waals surface area contributed by atoms with Gasteiger partial charge in [0.15, 0.2) is 0 Å². The van der Waals surface area contributed by atoms with Crippen LogP contribution in [-0.2, 0) is 11.3 Å². The summed E-state index contributed by atoms with van der Waals surface area (Å²) in [4.78, 5) is 30.5. The summed E-state index contributed by atoms with van der Waals surface area (Å²) in [6.07, 6.45) is -4.07. The molecule has 0 aromatic carbocycles. The van der Waals surface area contributed by atoms with Crippen molar-refractivity contribution in [1.82, 2.24) is 14.5 Å². The minimum absolute atomic E-state index is 0. The summed E-state index contributed by atoms with van der Waals surface area (Å²) in [6.45, 7) is 0.206. The summed E-state index contributed by atoms with van der Waals surface area (Å²) in [5.74, 6) is -2.18. The molecule has 0 saturated heterocycles. The lowest BCUT2D eigenvalue weighted by atomic mass is 10.2. The predicted octanol–water partition coefficient (Wildman–Crippen LogP) is 2.99. The second kappa shape index (κ2) is 7.89. The molecule has 3 heterocycles. The molecule has 13 heteroatoms. The molecule has 0 bridgehead atoms. The molecule has 0 aliphatic carbocycles. The Kier molecular flexibility index (Phi) is 6.20. The van der Waals surface area contributed by atoms with Crippen LogP contribution in [0.2, 0.25) is 5.02 Å². The van der Waals surface area contributed by atoms with Gasteiger partial charge < -0.3 is 20.6 Å². The van der Waals surface area contributed by atoms with E-state index in [-0.39, 0.29) is 52.9 Å². The lowest BCUT2D eigenvalue weighted by Crippen LogP contribution is -2.30. The van der Waals surface area contributed by atoms with E-state index in [0.717, 1.165) is 17.7 Å². The first-order valence-corrected chi connectivity index (χ1v) is 8.43. The number of aromatic amines is 1. The Morgan fingerprint density at radius 2 is 2.15 bits per heavy atom. The fraction of sp³-hybridized carbons (Fsp3) is 0.214. The summed E-state index contributed by atoms with van der Waals surface area (Å²) in [7, 11) is 0. The van der Waals surface area contributed by atoms with E-state index < -0.39 is 17.6 Å². The van der Waals surface area contributed by atoms with Crippen molar-refractivity contribution in [2.75, 3.05) is 11.9 Å². The van der Waals surface area contributed by atoms with Gasteiger partial charge in [0.1, 0.15) is 11.0 Å². The monoisotopic (exact) mass is 441 g/mol. The number of halogens is 5. The van der Waals surface area contributed by atoms with Gasteiger partial charge in [-0.3, -0.25) is 9.59 Å². The fourth-order valence-electron chi connectivity index (χ4n) is 2.54. The highest BCUT2D eigenvalue weighted by Gasteiger charge is 2.40. The van der Waals surface area contributed by atoms with Gasteiger partial charge in [-0.25, -0.2) is 4.98 Å². The first-order chi connectivity index (χ1) is 12.3. The molecule has 0 spiro atoms. The number of H-pyrrole nitrogens is 1. The molecule has 0 saturated carbocycles. The van der Waals surface area contributed by atoms with Crippen LogP contribution in [0, 0.1) is 0 Å². The topological polar surface area (TPSA) is 106 Å². The molecule has 1 amide bonds. The molecular weight excluding hydrogens is 430 g/mol. The number of nitrogens with two attached hydrogens (primary N) is 1. The number of aromatic nitrogens is 3. The zero-order chi connectivity index (χ0) is 19.1. The van der Waals surface area contributed by atoms with Crippen molar-refractivity contribution in [3.63, 3.8) is 0 Å². The number of hydrogen-bond donors (Lipinski definition) is 3. The number of alkyl halides is 3. The first kappa shape index (κ1) is 21.2. The summed E-state index contributed by atoms with van der Waals surface area (Å²) in [6, 6.07) is 1.55. The number of fused-ring (bicyclic) bond motifs is 1. The normalized spacial score (nSPS) is 11.4. The zero-order valence-corrected chi connectivity index (χ0v) is 15.7. The standard InChI is InChI=1S/C14H11ClF3N5O2S.ClH/c15-6-1-4-26-11(6)9-8(22-13(25)14(16,17)18)7-10(23(9)3-2-19)12(24)21-5-20-7;/h1,4-5H,2-3,19H2,(H,22,25)(H,20,21,24);1H. The van der Waals surface area contributed by atoms with Gasteiger partial charge in [0.2, 0.25) is 0 Å². The van der Waals surface area contributed by atoms with E-state index in [4.69, 9.17) is 17.3 Å². The van der Waals surface area contributed by atoms with Crippen LogP contribution in [0.5, 0.6) is 0 Å². The van der Waals surface area contributed by atoms with Crippen LogP contribution in [0.25, 0.3) is 21.6 Å². The number of anilines is 1. The molecule has 4 N–H and O–H groups in total. The molecule has 3 rings (SSSR count). The molecule has 7 nitrogen and oxygen atoms in total. The molecule has 27 heavy (non-hydrogen) atoms. The summed E-state index contributed by atoms with van der Waals surface area (Å²) in [5.41, 5.74) is 4.83. The second-order valence-corrected chi connectivity index (χ2v) is 6.47. The number of carbonyl (C=O) groups is 1. The third-order valence-electron chi connectivity index (χ3n) is 3.52. The van der Waals surface area contributed by atoms with E-state index in [1.54, 1.807) is 11.4 Å². The van der Waals surface area contributed by atoms with Gasteiger partial charge >= 0.3 is 12.1 Å². The van der Waals surface area contributed by atoms with Gasteiger partial charge in [-0.2, -0.15) is 13.2 Å². The van der Waals surface area contributed by atoms with Crippen molar-refractivity contribution >= 4 is 58.0 Å². The maximum Gasteiger partial charge on any atom is 0.471 e. The Morgan fingerprint density at radius 3 is 2.70 bits per heavy atom. The van der Waals surface area contributed by atoms with E-state index in [1.807, 2.05) is 5.32 Å². The lowest BCUT2D eigenvalue weighted by molar-refractivity contribution is -0.167. The molecular formula is C14H12Cl2F3N5O2S. The summed E-state index contributed by atoms with van der Waals surface area (Å²) >= 11 is 7.28. The Hall–Kier alpha value is -2.08. The van der Waals surface area contributed by atoms with Crippen LogP contribution >= 0.6 is 35.3 Å². The number of rotatable bonds is 4. The Labute approximate surface area is 164 Å². The van der Waals surface area contributed by atoms with Crippen molar-refractivity contribution in [2.45, 2.75) is 12.7 Å². The van der Waals surface area contributed by atoms with Crippen molar-refractivity contribution < 1.29 is 18.0 Å². The van der Waals surface area contributed by atoms with Crippen LogP contribution in [0.1, 0.15) is 0 Å². The van der Waals surface area contributed by atoms with Crippen LogP contribution in [0.4, 0.5) is 18.9 Å². The highest BCUT2D eigenvalue weighted by Crippen LogP contribution is 2.42. The highest BCUT2D eigenvalue weighted by molar-refractivity contribution is 7.14. The van der Waals surface area contributed by atoms with Crippen LogP contribution in [0.15, 0.2) is 22.6 Å². The van der Waals surface area contributed by atoms with E-state index in [9.17, 15) is 22.8 Å². The second-order valence-electron chi connectivity index (χ2n) is 5.14. The van der Waals surface area contributed by atoms with Crippen molar-refractivity contribution in [3.8, 4) is 10.6 Å². The molecule has 3 aromatic heterocycles. The molecule has 3 aromatic rings. The zero-order valence-electron chi connectivity index (χ0n) is 13.3. The molecule has 0 unspecified atom stereocenters. The SMILES string of the molecule is Cl.NCCn1c(-c2sccc2Cl)c(NC(=O)C(F)(F)F)c2nc[nH]c(=O)c21. The van der Waals surface area contributed by atoms with Crippen LogP contribution in [0.3, 0.4) is 0 Å². The number of amides is 1. The molecule has 146 valence electrons. The molecule has 0 atom stereocenters. The number of carbonyl (C=O) groups excluding carboxylic acids is 1. The third-order valence-corrected chi connectivity index (χ3v) is 4.87. The minimum atomic E-state index is -5.11. The van der Waals surface area contributed by atoms with E-state index in [2.05, 4.69) is 9.97 Å².